The Kier molecular flexibility index (Phi) is 3.20. The first-order valence-corrected chi connectivity index (χ1v) is 3.79. The molecule has 0 saturated heterocycles. The lowest BCUT2D eigenvalue weighted by Crippen LogP contribution is -2.10. The minimum Gasteiger partial charge on any atom is -0.326 e. The summed E-state index contributed by atoms with van der Waals surface area (Å²) in [5.74, 6) is -1.21. The molecule has 0 amide bonds. The van der Waals surface area contributed by atoms with E-state index in [1.54, 1.807) is 0 Å². The number of nitrogens with two attached hydrogens (primary N) is 1. The first-order chi connectivity index (χ1) is 6.99. The number of nitrogens with zero attached hydrogens (tertiary/aromatic N) is 2. The molecule has 0 unspecified atom stereocenters. The summed E-state index contributed by atoms with van der Waals surface area (Å²) < 4.78 is 37.8. The van der Waals surface area contributed by atoms with Crippen LogP contribution in [0.3, 0.4) is 0 Å². The highest BCUT2D eigenvalue weighted by atomic mass is 19.3. The van der Waals surface area contributed by atoms with Gasteiger partial charge in [-0.25, -0.2) is 13.8 Å². The zero-order valence-electron chi connectivity index (χ0n) is 7.28. The molecule has 0 radical (unpaired) electrons. The van der Waals surface area contributed by atoms with Gasteiger partial charge in [0.1, 0.15) is 11.8 Å². The predicted molar refractivity (Wildman–Crippen MR) is 43.7 cm³/mol. The van der Waals surface area contributed by atoms with Crippen molar-refractivity contribution in [3.8, 4) is 0 Å². The van der Waals surface area contributed by atoms with E-state index < -0.39 is 40.7 Å². The Morgan fingerprint density at radius 1 is 1.60 bits per heavy atom. The summed E-state index contributed by atoms with van der Waals surface area (Å²) >= 11 is 0. The Hall–Kier alpha value is -1.70. The van der Waals surface area contributed by atoms with Gasteiger partial charge in [0, 0.05) is 12.1 Å². The molecule has 2 N–H and O–H groups in total. The standard InChI is InChI=1S/C7H6F3N3O2/c8-6(9)5-3(1-11)7(10)12-2-4(5)13(14)15/h2,6H,1,11H2. The molecule has 0 aliphatic rings. The molecule has 0 saturated carbocycles. The van der Waals surface area contributed by atoms with Crippen molar-refractivity contribution in [1.29, 1.82) is 0 Å². The average Bonchev–Trinajstić information content (AvgIpc) is 2.16. The molecule has 0 fully saturated rings. The van der Waals surface area contributed by atoms with Gasteiger partial charge in [-0.15, -0.1) is 0 Å². The van der Waals surface area contributed by atoms with Crippen molar-refractivity contribution in [3.63, 3.8) is 0 Å². The van der Waals surface area contributed by atoms with E-state index in [-0.39, 0.29) is 0 Å². The van der Waals surface area contributed by atoms with Gasteiger partial charge in [0.05, 0.1) is 4.92 Å². The molecule has 8 heteroatoms. The number of hydrogen-bond acceptors (Lipinski definition) is 4. The number of alkyl halides is 2. The van der Waals surface area contributed by atoms with Crippen LogP contribution in [0.25, 0.3) is 0 Å². The second-order valence-corrected chi connectivity index (χ2v) is 2.59. The fraction of sp³-hybridized carbons (Fsp3) is 0.286. The molecular formula is C7H6F3N3O2. The van der Waals surface area contributed by atoms with E-state index in [1.165, 1.54) is 0 Å². The van der Waals surface area contributed by atoms with Crippen molar-refractivity contribution < 1.29 is 18.1 Å². The third-order valence-corrected chi connectivity index (χ3v) is 1.77. The minimum absolute atomic E-state index is 0.454. The van der Waals surface area contributed by atoms with E-state index >= 15 is 0 Å². The number of nitro groups is 1. The molecule has 0 aliphatic carbocycles. The Morgan fingerprint density at radius 2 is 2.20 bits per heavy atom. The Morgan fingerprint density at radius 3 is 2.60 bits per heavy atom. The second-order valence-electron chi connectivity index (χ2n) is 2.59. The fourth-order valence-electron chi connectivity index (χ4n) is 1.11. The summed E-state index contributed by atoms with van der Waals surface area (Å²) in [6.45, 7) is -0.569. The third kappa shape index (κ3) is 2.04. The van der Waals surface area contributed by atoms with Gasteiger partial charge in [-0.1, -0.05) is 0 Å². The first kappa shape index (κ1) is 11.4. The maximum absolute atomic E-state index is 12.9. The predicted octanol–water partition coefficient (Wildman–Crippen LogP) is 1.53. The Bertz CT molecular complexity index is 397. The lowest BCUT2D eigenvalue weighted by Gasteiger charge is -2.07. The van der Waals surface area contributed by atoms with Crippen LogP contribution in [0.5, 0.6) is 0 Å². The van der Waals surface area contributed by atoms with Gasteiger partial charge in [-0.05, 0) is 0 Å². The molecule has 1 aromatic heterocycles. The van der Waals surface area contributed by atoms with Crippen LogP contribution in [0, 0.1) is 16.1 Å². The molecule has 1 aromatic rings. The van der Waals surface area contributed by atoms with Crippen LogP contribution >= 0.6 is 0 Å². The number of rotatable bonds is 3. The first-order valence-electron chi connectivity index (χ1n) is 3.79. The third-order valence-electron chi connectivity index (χ3n) is 1.77. The molecule has 0 aromatic carbocycles. The van der Waals surface area contributed by atoms with Gasteiger partial charge < -0.3 is 5.73 Å². The molecule has 82 valence electrons. The van der Waals surface area contributed by atoms with E-state index in [2.05, 4.69) is 4.98 Å². The molecule has 0 spiro atoms. The van der Waals surface area contributed by atoms with Crippen LogP contribution in [0.4, 0.5) is 18.9 Å². The highest BCUT2D eigenvalue weighted by molar-refractivity contribution is 5.44. The lowest BCUT2D eigenvalue weighted by molar-refractivity contribution is -0.386. The van der Waals surface area contributed by atoms with E-state index in [4.69, 9.17) is 5.73 Å². The van der Waals surface area contributed by atoms with E-state index in [0.717, 1.165) is 0 Å². The van der Waals surface area contributed by atoms with E-state index in [9.17, 15) is 23.3 Å². The zero-order valence-corrected chi connectivity index (χ0v) is 7.28. The van der Waals surface area contributed by atoms with Gasteiger partial charge in [-0.2, -0.15) is 4.39 Å². The maximum Gasteiger partial charge on any atom is 0.296 e. The van der Waals surface area contributed by atoms with E-state index in [1.807, 2.05) is 0 Å². The van der Waals surface area contributed by atoms with Gasteiger partial charge in [0.15, 0.2) is 0 Å². The SMILES string of the molecule is NCc1c(F)ncc([N+](=O)[O-])c1C(F)F. The van der Waals surface area contributed by atoms with Crippen LogP contribution in [-0.2, 0) is 6.54 Å². The van der Waals surface area contributed by atoms with Crippen molar-refractivity contribution in [3.05, 3.63) is 33.4 Å². The van der Waals surface area contributed by atoms with Crippen molar-refractivity contribution >= 4 is 5.69 Å². The van der Waals surface area contributed by atoms with E-state index in [0.29, 0.717) is 6.20 Å². The summed E-state index contributed by atoms with van der Waals surface area (Å²) in [4.78, 5) is 12.3. The van der Waals surface area contributed by atoms with Crippen molar-refractivity contribution in [2.45, 2.75) is 13.0 Å². The monoisotopic (exact) mass is 221 g/mol. The van der Waals surface area contributed by atoms with Crippen LogP contribution in [0.15, 0.2) is 6.20 Å². The molecule has 15 heavy (non-hydrogen) atoms. The molecule has 0 atom stereocenters. The quantitative estimate of drug-likeness (QED) is 0.476. The molecular weight excluding hydrogens is 215 g/mol. The van der Waals surface area contributed by atoms with Crippen LogP contribution < -0.4 is 5.73 Å². The number of pyridine rings is 1. The van der Waals surface area contributed by atoms with Gasteiger partial charge in [-0.3, -0.25) is 10.1 Å². The average molecular weight is 221 g/mol. The van der Waals surface area contributed by atoms with Crippen molar-refractivity contribution in [2.75, 3.05) is 0 Å². The summed E-state index contributed by atoms with van der Waals surface area (Å²) in [5.41, 5.74) is 2.47. The molecule has 1 heterocycles. The topological polar surface area (TPSA) is 82.0 Å². The lowest BCUT2D eigenvalue weighted by atomic mass is 10.1. The number of halogens is 3. The number of hydrogen-bond donors (Lipinski definition) is 1. The normalized spacial score (nSPS) is 10.7. The molecule has 0 bridgehead atoms. The van der Waals surface area contributed by atoms with Gasteiger partial charge in [0.2, 0.25) is 5.95 Å². The summed E-state index contributed by atoms with van der Waals surface area (Å²) in [6, 6.07) is 0. The highest BCUT2D eigenvalue weighted by Gasteiger charge is 2.28. The zero-order chi connectivity index (χ0) is 11.6. The van der Waals surface area contributed by atoms with Crippen molar-refractivity contribution in [1.82, 2.24) is 4.98 Å². The Balaban J connectivity index is 3.49. The summed E-state index contributed by atoms with van der Waals surface area (Å²) in [5, 5.41) is 10.4. The fourth-order valence-corrected chi connectivity index (χ4v) is 1.11. The second kappa shape index (κ2) is 4.22. The largest absolute Gasteiger partial charge is 0.326 e. The Labute approximate surface area is 81.9 Å². The molecule has 0 aliphatic heterocycles. The summed E-state index contributed by atoms with van der Waals surface area (Å²) in [7, 11) is 0. The highest BCUT2D eigenvalue weighted by Crippen LogP contribution is 2.32. The smallest absolute Gasteiger partial charge is 0.296 e. The molecule has 5 nitrogen and oxygen atoms in total. The summed E-state index contributed by atoms with van der Waals surface area (Å²) in [6.07, 6.45) is -2.71. The van der Waals surface area contributed by atoms with Crippen LogP contribution in [0.2, 0.25) is 0 Å². The van der Waals surface area contributed by atoms with Gasteiger partial charge >= 0.3 is 0 Å². The minimum atomic E-state index is -3.17. The van der Waals surface area contributed by atoms with Crippen LogP contribution in [-0.4, -0.2) is 9.91 Å². The number of aromatic nitrogens is 1. The van der Waals surface area contributed by atoms with Gasteiger partial charge in [0.25, 0.3) is 12.1 Å². The molecule has 1 rings (SSSR count). The van der Waals surface area contributed by atoms with Crippen LogP contribution in [0.1, 0.15) is 17.6 Å². The van der Waals surface area contributed by atoms with Crippen molar-refractivity contribution in [2.24, 2.45) is 5.73 Å². The maximum atomic E-state index is 12.9.